The molecule has 2 aromatic carbocycles. The van der Waals surface area contributed by atoms with Crippen molar-refractivity contribution < 1.29 is 9.18 Å². The van der Waals surface area contributed by atoms with Gasteiger partial charge in [0, 0.05) is 35.6 Å². The van der Waals surface area contributed by atoms with Gasteiger partial charge in [-0.15, -0.1) is 0 Å². The molecule has 0 fully saturated rings. The Labute approximate surface area is 128 Å². The van der Waals surface area contributed by atoms with Crippen molar-refractivity contribution in [3.8, 4) is 0 Å². The Hall–Kier alpha value is -2.95. The molecule has 2 aromatic rings. The largest absolute Gasteiger partial charge is 0.398 e. The fraction of sp³-hybridized carbons (Fsp3) is 0.0588. The summed E-state index contributed by atoms with van der Waals surface area (Å²) in [6.45, 7) is 0. The van der Waals surface area contributed by atoms with Gasteiger partial charge in [-0.25, -0.2) is 4.39 Å². The molecule has 0 spiro atoms. The Kier molecular flexibility index (Phi) is 4.68. The van der Waals surface area contributed by atoms with E-state index < -0.39 is 5.82 Å². The van der Waals surface area contributed by atoms with Crippen LogP contribution in [0.3, 0.4) is 0 Å². The summed E-state index contributed by atoms with van der Waals surface area (Å²) in [6.07, 6.45) is 3.47. The summed E-state index contributed by atoms with van der Waals surface area (Å²) in [6, 6.07) is 9.66. The Bertz CT molecular complexity index is 754. The molecule has 4 N–H and O–H groups in total. The smallest absolute Gasteiger partial charge is 0.150 e. The number of hydrogen-bond acceptors (Lipinski definition) is 4. The summed E-state index contributed by atoms with van der Waals surface area (Å²) >= 11 is 0. The third kappa shape index (κ3) is 3.03. The van der Waals surface area contributed by atoms with Crippen LogP contribution in [0, 0.1) is 11.2 Å². The first-order valence-electron chi connectivity index (χ1n) is 6.64. The van der Waals surface area contributed by atoms with Gasteiger partial charge in [0.2, 0.25) is 0 Å². The predicted molar refractivity (Wildman–Crippen MR) is 88.6 cm³/mol. The number of carbonyl (C=O) groups is 1. The molecule has 0 aliphatic rings. The van der Waals surface area contributed by atoms with Crippen LogP contribution in [0.15, 0.2) is 36.4 Å². The number of anilines is 2. The molecule has 0 atom stereocenters. The highest BCUT2D eigenvalue weighted by molar-refractivity contribution is 6.15. The lowest BCUT2D eigenvalue weighted by Gasteiger charge is -2.10. The maximum absolute atomic E-state index is 13.8. The molecule has 0 aliphatic carbocycles. The molecule has 0 heterocycles. The van der Waals surface area contributed by atoms with E-state index in [0.29, 0.717) is 34.2 Å². The van der Waals surface area contributed by atoms with Crippen molar-refractivity contribution in [3.63, 3.8) is 0 Å². The second-order valence-electron chi connectivity index (χ2n) is 4.66. The lowest BCUT2D eigenvalue weighted by atomic mass is 10.0. The van der Waals surface area contributed by atoms with Gasteiger partial charge in [-0.2, -0.15) is 0 Å². The number of nitrogens with two attached hydrogens (primary N) is 1. The summed E-state index contributed by atoms with van der Waals surface area (Å²) in [5, 5.41) is 9.98. The molecule has 0 saturated carbocycles. The van der Waals surface area contributed by atoms with Crippen LogP contribution in [-0.4, -0.2) is 19.5 Å². The van der Waals surface area contributed by atoms with Gasteiger partial charge in [-0.05, 0) is 23.8 Å². The highest BCUT2D eigenvalue weighted by Crippen LogP contribution is 2.27. The standard InChI is InChI=1S/C17H16FN3O/c1-21-17-14(3-2-4-15(17)18)13(10-22)7-11-5-6-12(9-19)16(20)8-11/h2-10,19,21H,20H2,1H3/b13-7-,19-9?. The fourth-order valence-electron chi connectivity index (χ4n) is 2.19. The number of carbonyl (C=O) groups excluding carboxylic acids is 1. The molecule has 0 aliphatic heterocycles. The van der Waals surface area contributed by atoms with E-state index in [2.05, 4.69) is 5.32 Å². The van der Waals surface area contributed by atoms with E-state index in [0.717, 1.165) is 6.21 Å². The number of para-hydroxylation sites is 1. The molecular formula is C17H16FN3O. The van der Waals surface area contributed by atoms with E-state index >= 15 is 0 Å². The van der Waals surface area contributed by atoms with Crippen molar-refractivity contribution in [3.05, 3.63) is 58.9 Å². The highest BCUT2D eigenvalue weighted by atomic mass is 19.1. The molecule has 22 heavy (non-hydrogen) atoms. The molecule has 5 heteroatoms. The van der Waals surface area contributed by atoms with Crippen molar-refractivity contribution in [2.45, 2.75) is 0 Å². The second-order valence-corrected chi connectivity index (χ2v) is 4.66. The van der Waals surface area contributed by atoms with Crippen molar-refractivity contribution in [1.29, 1.82) is 5.41 Å². The zero-order chi connectivity index (χ0) is 16.1. The number of rotatable bonds is 5. The zero-order valence-corrected chi connectivity index (χ0v) is 12.1. The third-order valence-corrected chi connectivity index (χ3v) is 3.29. The van der Waals surface area contributed by atoms with Gasteiger partial charge in [-0.3, -0.25) is 4.79 Å². The van der Waals surface area contributed by atoms with E-state index in [1.165, 1.54) is 6.07 Å². The van der Waals surface area contributed by atoms with E-state index in [4.69, 9.17) is 11.1 Å². The van der Waals surface area contributed by atoms with Gasteiger partial charge >= 0.3 is 0 Å². The molecule has 2 rings (SSSR count). The number of aldehydes is 1. The second kappa shape index (κ2) is 6.67. The summed E-state index contributed by atoms with van der Waals surface area (Å²) in [5.41, 5.74) is 8.67. The maximum atomic E-state index is 13.8. The van der Waals surface area contributed by atoms with E-state index in [9.17, 15) is 9.18 Å². The molecule has 0 unspecified atom stereocenters. The number of halogens is 1. The molecule has 0 saturated heterocycles. The summed E-state index contributed by atoms with van der Waals surface area (Å²) < 4.78 is 13.8. The number of nitrogen functional groups attached to an aromatic ring is 1. The summed E-state index contributed by atoms with van der Waals surface area (Å²) in [7, 11) is 1.60. The molecule has 0 bridgehead atoms. The van der Waals surface area contributed by atoms with Gasteiger partial charge in [0.25, 0.3) is 0 Å². The maximum Gasteiger partial charge on any atom is 0.150 e. The monoisotopic (exact) mass is 297 g/mol. The number of nitrogens with one attached hydrogen (secondary N) is 2. The SMILES string of the molecule is CNc1c(F)cccc1/C(C=O)=C\c1ccc(C=N)c(N)c1. The first-order valence-corrected chi connectivity index (χ1v) is 6.64. The molecular weight excluding hydrogens is 281 g/mol. The average molecular weight is 297 g/mol. The fourth-order valence-corrected chi connectivity index (χ4v) is 2.19. The van der Waals surface area contributed by atoms with Crippen LogP contribution in [-0.2, 0) is 4.79 Å². The van der Waals surface area contributed by atoms with Crippen molar-refractivity contribution in [2.24, 2.45) is 0 Å². The average Bonchev–Trinajstić information content (AvgIpc) is 2.52. The van der Waals surface area contributed by atoms with Gasteiger partial charge in [0.15, 0.2) is 6.29 Å². The molecule has 0 amide bonds. The minimum atomic E-state index is -0.425. The Balaban J connectivity index is 2.53. The molecule has 4 nitrogen and oxygen atoms in total. The lowest BCUT2D eigenvalue weighted by molar-refractivity contribution is -0.103. The van der Waals surface area contributed by atoms with Crippen LogP contribution in [0.5, 0.6) is 0 Å². The van der Waals surface area contributed by atoms with Gasteiger partial charge < -0.3 is 16.5 Å². The number of allylic oxidation sites excluding steroid dienone is 1. The number of benzene rings is 2. The van der Waals surface area contributed by atoms with E-state index in [-0.39, 0.29) is 5.69 Å². The third-order valence-electron chi connectivity index (χ3n) is 3.29. The molecule has 0 radical (unpaired) electrons. The van der Waals surface area contributed by atoms with Crippen LogP contribution in [0.4, 0.5) is 15.8 Å². The normalized spacial score (nSPS) is 11.1. The number of hydrogen-bond donors (Lipinski definition) is 3. The Morgan fingerprint density at radius 1 is 1.32 bits per heavy atom. The van der Waals surface area contributed by atoms with Crippen LogP contribution >= 0.6 is 0 Å². The topological polar surface area (TPSA) is 79.0 Å². The van der Waals surface area contributed by atoms with Crippen LogP contribution < -0.4 is 11.1 Å². The van der Waals surface area contributed by atoms with Crippen molar-refractivity contribution >= 4 is 35.5 Å². The Morgan fingerprint density at radius 3 is 2.68 bits per heavy atom. The van der Waals surface area contributed by atoms with Gasteiger partial charge in [-0.1, -0.05) is 24.3 Å². The highest BCUT2D eigenvalue weighted by Gasteiger charge is 2.11. The van der Waals surface area contributed by atoms with Crippen molar-refractivity contribution in [1.82, 2.24) is 0 Å². The van der Waals surface area contributed by atoms with E-state index in [1.54, 1.807) is 43.5 Å². The van der Waals surface area contributed by atoms with Crippen LogP contribution in [0.2, 0.25) is 0 Å². The lowest BCUT2D eigenvalue weighted by Crippen LogP contribution is -1.99. The van der Waals surface area contributed by atoms with Crippen molar-refractivity contribution in [2.75, 3.05) is 18.1 Å². The van der Waals surface area contributed by atoms with E-state index in [1.807, 2.05) is 0 Å². The van der Waals surface area contributed by atoms with Crippen LogP contribution in [0.25, 0.3) is 11.6 Å². The molecule has 112 valence electrons. The first kappa shape index (κ1) is 15.4. The van der Waals surface area contributed by atoms with Crippen LogP contribution in [0.1, 0.15) is 16.7 Å². The molecule has 0 aromatic heterocycles. The summed E-state index contributed by atoms with van der Waals surface area (Å²) in [4.78, 5) is 11.4. The zero-order valence-electron chi connectivity index (χ0n) is 12.1. The first-order chi connectivity index (χ1) is 10.6. The minimum Gasteiger partial charge on any atom is -0.398 e. The minimum absolute atomic E-state index is 0.268. The summed E-state index contributed by atoms with van der Waals surface area (Å²) in [5.74, 6) is -0.425. The Morgan fingerprint density at radius 2 is 2.09 bits per heavy atom. The van der Waals surface area contributed by atoms with Gasteiger partial charge in [0.1, 0.15) is 5.82 Å². The van der Waals surface area contributed by atoms with Gasteiger partial charge in [0.05, 0.1) is 5.69 Å². The predicted octanol–water partition coefficient (Wildman–Crippen LogP) is 3.19. The quantitative estimate of drug-likeness (QED) is 0.261.